The summed E-state index contributed by atoms with van der Waals surface area (Å²) in [7, 11) is 2.22. The molecular weight excluding hydrogens is 204 g/mol. The molecule has 15 heavy (non-hydrogen) atoms. The fraction of sp³-hybridized carbons (Fsp3) is 1.00. The van der Waals surface area contributed by atoms with E-state index in [1.165, 1.54) is 38.1 Å². The third-order valence-corrected chi connectivity index (χ3v) is 3.25. The van der Waals surface area contributed by atoms with Crippen LogP contribution in [0.3, 0.4) is 0 Å². The van der Waals surface area contributed by atoms with Crippen LogP contribution in [0.1, 0.15) is 33.1 Å². The Bertz CT molecular complexity index is 140. The van der Waals surface area contributed by atoms with Crippen LogP contribution in [0, 0.1) is 5.92 Å². The van der Waals surface area contributed by atoms with Crippen LogP contribution in [0.5, 0.6) is 0 Å². The zero-order chi connectivity index (χ0) is 11.7. The first-order valence-electron chi connectivity index (χ1n) is 5.99. The lowest BCUT2D eigenvalue weighted by molar-refractivity contribution is 0.288. The van der Waals surface area contributed by atoms with Crippen molar-refractivity contribution in [1.29, 1.82) is 0 Å². The molecule has 0 heterocycles. The summed E-state index contributed by atoms with van der Waals surface area (Å²) in [6, 6.07) is 0.367. The molecule has 0 aromatic rings. The van der Waals surface area contributed by atoms with E-state index in [-0.39, 0.29) is 0 Å². The lowest BCUT2D eigenvalue weighted by atomic mass is 10.0. The fourth-order valence-corrected chi connectivity index (χ4v) is 2.24. The topological polar surface area (TPSA) is 29.3 Å². The Morgan fingerprint density at radius 1 is 1.27 bits per heavy atom. The molecule has 0 rings (SSSR count). The third kappa shape index (κ3) is 10.6. The molecule has 0 aliphatic heterocycles. The summed E-state index contributed by atoms with van der Waals surface area (Å²) < 4.78 is 0. The maximum Gasteiger partial charge on any atom is 0.00693 e. The average molecular weight is 232 g/mol. The van der Waals surface area contributed by atoms with Gasteiger partial charge in [-0.15, -0.1) is 0 Å². The summed E-state index contributed by atoms with van der Waals surface area (Å²) >= 11 is 1.92. The van der Waals surface area contributed by atoms with E-state index in [0.29, 0.717) is 6.04 Å². The molecule has 2 unspecified atom stereocenters. The second kappa shape index (κ2) is 9.49. The van der Waals surface area contributed by atoms with Crippen LogP contribution >= 0.6 is 11.8 Å². The number of hydrogen-bond donors (Lipinski definition) is 1. The largest absolute Gasteiger partial charge is 0.328 e. The Balaban J connectivity index is 3.42. The zero-order valence-corrected chi connectivity index (χ0v) is 11.6. The van der Waals surface area contributed by atoms with Crippen LogP contribution in [0.15, 0.2) is 0 Å². The average Bonchev–Trinajstić information content (AvgIpc) is 2.14. The Morgan fingerprint density at radius 3 is 2.47 bits per heavy atom. The van der Waals surface area contributed by atoms with Gasteiger partial charge < -0.3 is 10.6 Å². The molecule has 0 radical (unpaired) electrons. The molecule has 0 aliphatic rings. The van der Waals surface area contributed by atoms with Gasteiger partial charge in [-0.05, 0) is 39.0 Å². The van der Waals surface area contributed by atoms with Gasteiger partial charge in [0.1, 0.15) is 0 Å². The first kappa shape index (κ1) is 15.3. The van der Waals surface area contributed by atoms with E-state index >= 15 is 0 Å². The van der Waals surface area contributed by atoms with Crippen LogP contribution in [0.4, 0.5) is 0 Å². The van der Waals surface area contributed by atoms with E-state index in [9.17, 15) is 0 Å². The van der Waals surface area contributed by atoms with E-state index in [4.69, 9.17) is 5.73 Å². The van der Waals surface area contributed by atoms with Gasteiger partial charge in [-0.2, -0.15) is 11.8 Å². The SMILES string of the molecule is CSCCN(C)CC(C)CCCC(C)N. The van der Waals surface area contributed by atoms with Gasteiger partial charge in [-0.25, -0.2) is 0 Å². The zero-order valence-electron chi connectivity index (χ0n) is 10.8. The Hall–Kier alpha value is 0.270. The summed E-state index contributed by atoms with van der Waals surface area (Å²) in [5.74, 6) is 2.04. The van der Waals surface area contributed by atoms with Crippen molar-refractivity contribution in [2.75, 3.05) is 32.1 Å². The van der Waals surface area contributed by atoms with Gasteiger partial charge in [-0.3, -0.25) is 0 Å². The predicted octanol–water partition coefficient (Wildman–Crippen LogP) is 2.43. The maximum atomic E-state index is 5.73. The van der Waals surface area contributed by atoms with Crippen LogP contribution in [0.2, 0.25) is 0 Å². The van der Waals surface area contributed by atoms with Crippen molar-refractivity contribution in [3.05, 3.63) is 0 Å². The highest BCUT2D eigenvalue weighted by molar-refractivity contribution is 7.98. The fourth-order valence-electron chi connectivity index (χ4n) is 1.75. The minimum atomic E-state index is 0.367. The number of hydrogen-bond acceptors (Lipinski definition) is 3. The highest BCUT2D eigenvalue weighted by Gasteiger charge is 2.06. The lowest BCUT2D eigenvalue weighted by Crippen LogP contribution is -2.27. The maximum absolute atomic E-state index is 5.73. The third-order valence-electron chi connectivity index (χ3n) is 2.66. The molecule has 0 aliphatic carbocycles. The molecular formula is C12H28N2S. The summed E-state index contributed by atoms with van der Waals surface area (Å²) in [6.07, 6.45) is 5.92. The second-order valence-corrected chi connectivity index (χ2v) is 5.75. The molecule has 3 heteroatoms. The summed E-state index contributed by atoms with van der Waals surface area (Å²) in [5.41, 5.74) is 5.73. The standard InChI is InChI=1S/C12H28N2S/c1-11(6-5-7-12(2)13)10-14(3)8-9-15-4/h11-12H,5-10,13H2,1-4H3. The van der Waals surface area contributed by atoms with Crippen molar-refractivity contribution in [3.63, 3.8) is 0 Å². The molecule has 0 amide bonds. The van der Waals surface area contributed by atoms with E-state index in [1.54, 1.807) is 0 Å². The lowest BCUT2D eigenvalue weighted by Gasteiger charge is -2.21. The van der Waals surface area contributed by atoms with Crippen LogP contribution in [-0.2, 0) is 0 Å². The van der Waals surface area contributed by atoms with Gasteiger partial charge in [0.05, 0.1) is 0 Å². The van der Waals surface area contributed by atoms with Crippen LogP contribution in [-0.4, -0.2) is 43.1 Å². The first-order chi connectivity index (χ1) is 7.06. The molecule has 2 atom stereocenters. The Kier molecular flexibility index (Phi) is 9.66. The van der Waals surface area contributed by atoms with Crippen molar-refractivity contribution in [2.45, 2.75) is 39.2 Å². The van der Waals surface area contributed by atoms with Gasteiger partial charge >= 0.3 is 0 Å². The van der Waals surface area contributed by atoms with Crippen molar-refractivity contribution in [3.8, 4) is 0 Å². The molecule has 0 bridgehead atoms. The number of nitrogens with two attached hydrogens (primary N) is 1. The minimum absolute atomic E-state index is 0.367. The highest BCUT2D eigenvalue weighted by Crippen LogP contribution is 2.10. The predicted molar refractivity (Wildman–Crippen MR) is 72.5 cm³/mol. The molecule has 0 saturated heterocycles. The monoisotopic (exact) mass is 232 g/mol. The molecule has 2 nitrogen and oxygen atoms in total. The molecule has 0 aromatic carbocycles. The van der Waals surface area contributed by atoms with Gasteiger partial charge in [0.25, 0.3) is 0 Å². The van der Waals surface area contributed by atoms with Gasteiger partial charge in [0.15, 0.2) is 0 Å². The van der Waals surface area contributed by atoms with Crippen molar-refractivity contribution < 1.29 is 0 Å². The summed E-state index contributed by atoms with van der Waals surface area (Å²) in [5, 5.41) is 0. The van der Waals surface area contributed by atoms with Crippen LogP contribution in [0.25, 0.3) is 0 Å². The number of thioether (sulfide) groups is 1. The van der Waals surface area contributed by atoms with Gasteiger partial charge in [0.2, 0.25) is 0 Å². The Morgan fingerprint density at radius 2 is 1.93 bits per heavy atom. The van der Waals surface area contributed by atoms with E-state index in [1.807, 2.05) is 11.8 Å². The van der Waals surface area contributed by atoms with Gasteiger partial charge in [-0.1, -0.05) is 13.3 Å². The molecule has 0 saturated carbocycles. The van der Waals surface area contributed by atoms with Gasteiger partial charge in [0, 0.05) is 24.9 Å². The van der Waals surface area contributed by atoms with E-state index < -0.39 is 0 Å². The van der Waals surface area contributed by atoms with E-state index in [2.05, 4.69) is 32.1 Å². The summed E-state index contributed by atoms with van der Waals surface area (Å²) in [4.78, 5) is 2.44. The van der Waals surface area contributed by atoms with Crippen molar-refractivity contribution in [1.82, 2.24) is 4.90 Å². The first-order valence-corrected chi connectivity index (χ1v) is 7.38. The minimum Gasteiger partial charge on any atom is -0.328 e. The van der Waals surface area contributed by atoms with Crippen molar-refractivity contribution in [2.24, 2.45) is 11.7 Å². The number of rotatable bonds is 9. The van der Waals surface area contributed by atoms with E-state index in [0.717, 1.165) is 5.92 Å². The normalized spacial score (nSPS) is 15.6. The summed E-state index contributed by atoms with van der Waals surface area (Å²) in [6.45, 7) is 6.87. The molecule has 0 fully saturated rings. The number of nitrogens with zero attached hydrogens (tertiary/aromatic N) is 1. The second-order valence-electron chi connectivity index (χ2n) is 4.77. The highest BCUT2D eigenvalue weighted by atomic mass is 32.2. The molecule has 92 valence electrons. The molecule has 2 N–H and O–H groups in total. The quantitative estimate of drug-likeness (QED) is 0.662. The Labute approximate surface area is 100.0 Å². The molecule has 0 spiro atoms. The molecule has 0 aromatic heterocycles. The van der Waals surface area contributed by atoms with Crippen molar-refractivity contribution >= 4 is 11.8 Å². The smallest absolute Gasteiger partial charge is 0.00693 e. The van der Waals surface area contributed by atoms with Crippen LogP contribution < -0.4 is 5.73 Å².